The molecular formula is C36H37F2N3O6. The first-order valence-electron chi connectivity index (χ1n) is 15.5. The van der Waals surface area contributed by atoms with E-state index in [9.17, 15) is 28.5 Å². The highest BCUT2D eigenvalue weighted by Gasteiger charge is 2.51. The standard InChI is InChI=1S/C36H37F2N3O6/c1-23-30(33(42)46-3)32(27-15-10-16-28(21-27)41(44)45)31(24(2)39-23)34(43)47-36(35(37)38)18-20-40(22-36)19-17-29(25-11-6-4-7-12-25)26-13-8-5-9-14-26/h4-16,21,29-30,32,35H,17-20,22H2,1-3H3. The van der Waals surface area contributed by atoms with Crippen LogP contribution in [0.1, 0.15) is 55.2 Å². The number of rotatable bonds is 11. The van der Waals surface area contributed by atoms with Gasteiger partial charge in [-0.1, -0.05) is 72.8 Å². The SMILES string of the molecule is COC(=O)C1C(C)=NC(C)=C(C(=O)OC2(C(F)F)CCN(CCC(c3ccccc3)c3ccccc3)C2)C1c1cccc([N+](=O)[O-])c1. The van der Waals surface area contributed by atoms with Crippen molar-refractivity contribution in [2.45, 2.75) is 50.6 Å². The summed E-state index contributed by atoms with van der Waals surface area (Å²) in [5, 5.41) is 11.6. The number of halogens is 2. The molecule has 5 rings (SSSR count). The number of methoxy groups -OCH3 is 1. The summed E-state index contributed by atoms with van der Waals surface area (Å²) in [6, 6.07) is 25.5. The minimum absolute atomic E-state index is 0.0450. The maximum Gasteiger partial charge on any atom is 0.337 e. The molecule has 3 unspecified atom stereocenters. The van der Waals surface area contributed by atoms with E-state index >= 15 is 0 Å². The maximum atomic E-state index is 14.9. The summed E-state index contributed by atoms with van der Waals surface area (Å²) >= 11 is 0. The smallest absolute Gasteiger partial charge is 0.337 e. The van der Waals surface area contributed by atoms with E-state index in [2.05, 4.69) is 29.3 Å². The quantitative estimate of drug-likeness (QED) is 0.130. The van der Waals surface area contributed by atoms with Crippen molar-refractivity contribution in [3.05, 3.63) is 123 Å². The minimum Gasteiger partial charge on any atom is -0.468 e. The Kier molecular flexibility index (Phi) is 10.2. The molecule has 3 aromatic carbocycles. The number of esters is 2. The van der Waals surface area contributed by atoms with Crippen LogP contribution in [0, 0.1) is 16.0 Å². The zero-order valence-corrected chi connectivity index (χ0v) is 26.5. The summed E-state index contributed by atoms with van der Waals surface area (Å²) in [4.78, 5) is 44.3. The number of carbonyl (C=O) groups excluding carboxylic acids is 2. The third kappa shape index (κ3) is 7.15. The highest BCUT2D eigenvalue weighted by molar-refractivity contribution is 6.07. The molecule has 3 aromatic rings. The van der Waals surface area contributed by atoms with Crippen molar-refractivity contribution >= 4 is 23.3 Å². The average Bonchev–Trinajstić information content (AvgIpc) is 3.49. The van der Waals surface area contributed by atoms with Gasteiger partial charge in [-0.25, -0.2) is 13.6 Å². The Balaban J connectivity index is 1.41. The van der Waals surface area contributed by atoms with E-state index in [0.29, 0.717) is 25.2 Å². The van der Waals surface area contributed by atoms with Gasteiger partial charge in [0.15, 0.2) is 5.60 Å². The number of likely N-dealkylation sites (tertiary alicyclic amines) is 1. The molecule has 0 aromatic heterocycles. The largest absolute Gasteiger partial charge is 0.468 e. The van der Waals surface area contributed by atoms with Gasteiger partial charge in [0.2, 0.25) is 0 Å². The fraction of sp³-hybridized carbons (Fsp3) is 0.361. The number of hydrogen-bond acceptors (Lipinski definition) is 8. The molecule has 0 N–H and O–H groups in total. The number of ether oxygens (including phenoxy) is 2. The van der Waals surface area contributed by atoms with Crippen molar-refractivity contribution in [2.24, 2.45) is 10.9 Å². The van der Waals surface area contributed by atoms with Crippen LogP contribution < -0.4 is 0 Å². The minimum atomic E-state index is -2.99. The van der Waals surface area contributed by atoms with Crippen LogP contribution in [-0.2, 0) is 19.1 Å². The zero-order valence-electron chi connectivity index (χ0n) is 26.5. The summed E-state index contributed by atoms with van der Waals surface area (Å²) in [6.07, 6.45) is -2.42. The molecule has 0 radical (unpaired) electrons. The monoisotopic (exact) mass is 645 g/mol. The van der Waals surface area contributed by atoms with E-state index in [1.807, 2.05) is 41.3 Å². The number of nitro benzene ring substituents is 1. The molecule has 2 aliphatic heterocycles. The van der Waals surface area contributed by atoms with Crippen molar-refractivity contribution in [1.29, 1.82) is 0 Å². The number of hydrogen-bond donors (Lipinski definition) is 0. The van der Waals surface area contributed by atoms with E-state index in [1.165, 1.54) is 32.2 Å². The van der Waals surface area contributed by atoms with Gasteiger partial charge >= 0.3 is 11.9 Å². The molecule has 9 nitrogen and oxygen atoms in total. The van der Waals surface area contributed by atoms with Gasteiger partial charge < -0.3 is 9.47 Å². The highest BCUT2D eigenvalue weighted by atomic mass is 19.3. The molecule has 0 aliphatic carbocycles. The van der Waals surface area contributed by atoms with Gasteiger partial charge in [0.1, 0.15) is 5.92 Å². The maximum absolute atomic E-state index is 14.9. The van der Waals surface area contributed by atoms with Gasteiger partial charge in [-0.2, -0.15) is 0 Å². The lowest BCUT2D eigenvalue weighted by atomic mass is 9.75. The number of nitrogens with zero attached hydrogens (tertiary/aromatic N) is 3. The lowest BCUT2D eigenvalue weighted by Crippen LogP contribution is -2.46. The van der Waals surface area contributed by atoms with Crippen molar-refractivity contribution < 1.29 is 32.8 Å². The Bertz CT molecular complexity index is 1640. The van der Waals surface area contributed by atoms with Gasteiger partial charge in [-0.3, -0.25) is 24.8 Å². The van der Waals surface area contributed by atoms with Crippen molar-refractivity contribution in [2.75, 3.05) is 26.7 Å². The molecule has 0 spiro atoms. The number of nitro groups is 1. The summed E-state index contributed by atoms with van der Waals surface area (Å²) in [7, 11) is 1.18. The van der Waals surface area contributed by atoms with Crippen LogP contribution in [0.15, 0.2) is 101 Å². The van der Waals surface area contributed by atoms with Crippen LogP contribution in [0.3, 0.4) is 0 Å². The van der Waals surface area contributed by atoms with E-state index in [4.69, 9.17) is 9.47 Å². The second-order valence-corrected chi connectivity index (χ2v) is 12.0. The molecule has 3 atom stereocenters. The van der Waals surface area contributed by atoms with E-state index in [1.54, 1.807) is 13.0 Å². The Labute approximate surface area is 272 Å². The average molecular weight is 646 g/mol. The molecule has 1 saturated heterocycles. The van der Waals surface area contributed by atoms with Gasteiger partial charge in [0, 0.05) is 54.9 Å². The summed E-state index contributed by atoms with van der Waals surface area (Å²) in [5.41, 5.74) is 0.543. The van der Waals surface area contributed by atoms with E-state index in [0.717, 1.165) is 11.1 Å². The molecule has 0 amide bonds. The number of non-ortho nitro benzene ring substituents is 1. The van der Waals surface area contributed by atoms with Crippen LogP contribution in [0.25, 0.3) is 0 Å². The first kappa shape index (κ1) is 33.6. The molecule has 2 heterocycles. The molecule has 47 heavy (non-hydrogen) atoms. The number of aliphatic imine (C=N–C) groups is 1. The molecule has 2 aliphatic rings. The Hall–Kier alpha value is -4.77. The summed E-state index contributed by atoms with van der Waals surface area (Å²) < 4.78 is 40.6. The second-order valence-electron chi connectivity index (χ2n) is 12.0. The summed E-state index contributed by atoms with van der Waals surface area (Å²) in [6.45, 7) is 3.73. The van der Waals surface area contributed by atoms with Gasteiger partial charge in [-0.15, -0.1) is 0 Å². The molecule has 11 heteroatoms. The zero-order chi connectivity index (χ0) is 33.7. The lowest BCUT2D eigenvalue weighted by Gasteiger charge is -2.34. The van der Waals surface area contributed by atoms with Crippen molar-refractivity contribution in [3.8, 4) is 0 Å². The fourth-order valence-corrected chi connectivity index (χ4v) is 6.75. The lowest BCUT2D eigenvalue weighted by molar-refractivity contribution is -0.384. The first-order chi connectivity index (χ1) is 22.5. The third-order valence-electron chi connectivity index (χ3n) is 9.12. The molecular weight excluding hydrogens is 608 g/mol. The first-order valence-corrected chi connectivity index (χ1v) is 15.5. The Morgan fingerprint density at radius 2 is 1.66 bits per heavy atom. The number of allylic oxidation sites excluding steroid dienone is 1. The number of carbonyl (C=O) groups is 2. The number of benzene rings is 3. The van der Waals surface area contributed by atoms with Crippen LogP contribution in [0.5, 0.6) is 0 Å². The topological polar surface area (TPSA) is 111 Å². The van der Waals surface area contributed by atoms with E-state index in [-0.39, 0.29) is 41.4 Å². The normalized spacial score (nSPS) is 21.6. The third-order valence-corrected chi connectivity index (χ3v) is 9.12. The van der Waals surface area contributed by atoms with Crippen LogP contribution in [0.2, 0.25) is 0 Å². The predicted molar refractivity (Wildman–Crippen MR) is 172 cm³/mol. The fourth-order valence-electron chi connectivity index (χ4n) is 6.75. The second kappa shape index (κ2) is 14.3. The van der Waals surface area contributed by atoms with Gasteiger partial charge in [0.25, 0.3) is 12.1 Å². The van der Waals surface area contributed by atoms with E-state index < -0.39 is 40.7 Å². The molecule has 1 fully saturated rings. The van der Waals surface area contributed by atoms with Gasteiger partial charge in [-0.05, 0) is 43.5 Å². The van der Waals surface area contributed by atoms with Crippen molar-refractivity contribution in [1.82, 2.24) is 4.90 Å². The molecule has 0 bridgehead atoms. The highest BCUT2D eigenvalue weighted by Crippen LogP contribution is 2.43. The Morgan fingerprint density at radius 1 is 1.02 bits per heavy atom. The van der Waals surface area contributed by atoms with Crippen LogP contribution >= 0.6 is 0 Å². The molecule has 0 saturated carbocycles. The number of alkyl halides is 2. The van der Waals surface area contributed by atoms with Crippen LogP contribution in [-0.4, -0.2) is 66.2 Å². The predicted octanol–water partition coefficient (Wildman–Crippen LogP) is 6.69. The van der Waals surface area contributed by atoms with Gasteiger partial charge in [0.05, 0.1) is 17.6 Å². The Morgan fingerprint density at radius 3 is 2.23 bits per heavy atom. The van der Waals surface area contributed by atoms with Crippen molar-refractivity contribution in [3.63, 3.8) is 0 Å². The van der Waals surface area contributed by atoms with Crippen LogP contribution in [0.4, 0.5) is 14.5 Å². The summed E-state index contributed by atoms with van der Waals surface area (Å²) in [5.74, 6) is -3.94. The molecule has 246 valence electrons.